The van der Waals surface area contributed by atoms with Crippen molar-refractivity contribution in [2.45, 2.75) is 31.4 Å². The third kappa shape index (κ3) is 5.39. The molecule has 0 aliphatic carbocycles. The van der Waals surface area contributed by atoms with Crippen molar-refractivity contribution in [2.24, 2.45) is 0 Å². The number of nitrogens with zero attached hydrogens (tertiary/aromatic N) is 5. The van der Waals surface area contributed by atoms with Crippen molar-refractivity contribution < 1.29 is 23.1 Å². The maximum absolute atomic E-state index is 14.1. The third-order valence-corrected chi connectivity index (χ3v) is 5.62. The van der Waals surface area contributed by atoms with E-state index in [-0.39, 0.29) is 18.1 Å². The lowest BCUT2D eigenvalue weighted by atomic mass is 10.1. The molecule has 1 aromatic heterocycles. The van der Waals surface area contributed by atoms with Gasteiger partial charge >= 0.3 is 6.03 Å². The van der Waals surface area contributed by atoms with E-state index in [1.807, 2.05) is 30.3 Å². The number of alkyl halides is 2. The van der Waals surface area contributed by atoms with E-state index in [0.717, 1.165) is 10.5 Å². The van der Waals surface area contributed by atoms with Crippen LogP contribution < -0.4 is 5.32 Å². The van der Waals surface area contributed by atoms with Gasteiger partial charge in [-0.25, -0.2) is 18.3 Å². The van der Waals surface area contributed by atoms with Crippen LogP contribution in [0.2, 0.25) is 0 Å². The fourth-order valence-corrected chi connectivity index (χ4v) is 3.99. The molecule has 1 aromatic carbocycles. The predicted octanol–water partition coefficient (Wildman–Crippen LogP) is 1.41. The first-order chi connectivity index (χ1) is 15.4. The van der Waals surface area contributed by atoms with E-state index in [1.54, 1.807) is 4.90 Å². The smallest absolute Gasteiger partial charge is 0.317 e. The van der Waals surface area contributed by atoms with Crippen LogP contribution in [-0.2, 0) is 17.7 Å². The van der Waals surface area contributed by atoms with Crippen LogP contribution in [0.15, 0.2) is 36.5 Å². The molecule has 2 fully saturated rings. The van der Waals surface area contributed by atoms with Crippen LogP contribution >= 0.6 is 0 Å². The lowest BCUT2D eigenvalue weighted by Gasteiger charge is -2.25. The van der Waals surface area contributed by atoms with E-state index in [0.29, 0.717) is 39.3 Å². The fourth-order valence-electron chi connectivity index (χ4n) is 3.99. The number of morpholine rings is 1. The lowest BCUT2D eigenvalue weighted by molar-refractivity contribution is 0.0145. The number of likely N-dealkylation sites (tertiary alicyclic amines) is 1. The zero-order valence-electron chi connectivity index (χ0n) is 17.6. The minimum Gasteiger partial charge on any atom is -0.378 e. The Morgan fingerprint density at radius 2 is 1.94 bits per heavy atom. The second-order valence-corrected chi connectivity index (χ2v) is 8.04. The highest BCUT2D eigenvalue weighted by Gasteiger charge is 2.47. The van der Waals surface area contributed by atoms with Crippen molar-refractivity contribution in [1.29, 1.82) is 0 Å². The number of nitrogens with one attached hydrogen (secondary N) is 1. The number of rotatable bonds is 6. The number of halogens is 2. The molecule has 0 saturated carbocycles. The predicted molar refractivity (Wildman–Crippen MR) is 110 cm³/mol. The molecule has 9 nitrogen and oxygen atoms in total. The molecule has 0 radical (unpaired) electrons. The van der Waals surface area contributed by atoms with Gasteiger partial charge in [-0.05, 0) is 12.0 Å². The van der Waals surface area contributed by atoms with E-state index in [1.165, 1.54) is 10.9 Å². The molecule has 4 rings (SSSR count). The average molecular weight is 448 g/mol. The van der Waals surface area contributed by atoms with Gasteiger partial charge in [0.1, 0.15) is 0 Å². The fraction of sp³-hybridized carbons (Fsp3) is 0.524. The summed E-state index contributed by atoms with van der Waals surface area (Å²) in [6, 6.07) is 8.32. The van der Waals surface area contributed by atoms with Gasteiger partial charge in [-0.15, -0.1) is 5.10 Å². The minimum absolute atomic E-state index is 0.0328. The molecule has 172 valence electrons. The van der Waals surface area contributed by atoms with Crippen molar-refractivity contribution >= 4 is 11.9 Å². The van der Waals surface area contributed by atoms with Crippen molar-refractivity contribution in [3.8, 4) is 0 Å². The number of urea groups is 1. The topological polar surface area (TPSA) is 92.6 Å². The number of carbonyl (C=O) groups excluding carboxylic acids is 2. The van der Waals surface area contributed by atoms with Crippen molar-refractivity contribution in [3.63, 3.8) is 0 Å². The van der Waals surface area contributed by atoms with Gasteiger partial charge in [0, 0.05) is 26.1 Å². The first kappa shape index (κ1) is 22.1. The molecular formula is C21H26F2N6O3. The summed E-state index contributed by atoms with van der Waals surface area (Å²) < 4.78 is 34.9. The van der Waals surface area contributed by atoms with Gasteiger partial charge in [0.15, 0.2) is 5.69 Å². The first-order valence-corrected chi connectivity index (χ1v) is 10.6. The molecule has 0 bridgehead atoms. The Labute approximate surface area is 184 Å². The molecule has 2 saturated heterocycles. The molecule has 2 aliphatic heterocycles. The molecule has 3 heterocycles. The highest BCUT2D eigenvalue weighted by atomic mass is 19.3. The summed E-state index contributed by atoms with van der Waals surface area (Å²) >= 11 is 0. The summed E-state index contributed by atoms with van der Waals surface area (Å²) in [5.74, 6) is -3.25. The zero-order chi connectivity index (χ0) is 22.6. The van der Waals surface area contributed by atoms with Crippen LogP contribution in [0.5, 0.6) is 0 Å². The molecular weight excluding hydrogens is 422 g/mol. The Morgan fingerprint density at radius 3 is 2.69 bits per heavy atom. The monoisotopic (exact) mass is 448 g/mol. The second kappa shape index (κ2) is 9.60. The molecule has 3 amide bonds. The van der Waals surface area contributed by atoms with Crippen molar-refractivity contribution in [1.82, 2.24) is 30.1 Å². The van der Waals surface area contributed by atoms with E-state index in [9.17, 15) is 18.4 Å². The average Bonchev–Trinajstić information content (AvgIpc) is 3.38. The van der Waals surface area contributed by atoms with Crippen molar-refractivity contribution in [2.75, 3.05) is 39.4 Å². The largest absolute Gasteiger partial charge is 0.378 e. The Balaban J connectivity index is 1.35. The van der Waals surface area contributed by atoms with Crippen LogP contribution in [0.25, 0.3) is 0 Å². The normalized spacial score (nSPS) is 20.4. The zero-order valence-corrected chi connectivity index (χ0v) is 17.6. The quantitative estimate of drug-likeness (QED) is 0.722. The minimum atomic E-state index is -2.98. The summed E-state index contributed by atoms with van der Waals surface area (Å²) in [5, 5.41) is 10.5. The number of aromatic nitrogens is 3. The summed E-state index contributed by atoms with van der Waals surface area (Å²) in [6.45, 7) is 1.60. The SMILES string of the molecule is O=C(c1cn(CC2CC(F)(F)CN2C(=O)NCCc2ccccc2)nn1)N1CCOCC1. The highest BCUT2D eigenvalue weighted by molar-refractivity contribution is 5.92. The summed E-state index contributed by atoms with van der Waals surface area (Å²) in [7, 11) is 0. The van der Waals surface area contributed by atoms with Crippen LogP contribution in [0.3, 0.4) is 0 Å². The van der Waals surface area contributed by atoms with Gasteiger partial charge in [-0.2, -0.15) is 0 Å². The molecule has 11 heteroatoms. The Bertz CT molecular complexity index is 933. The number of carbonyl (C=O) groups is 2. The number of amides is 3. The summed E-state index contributed by atoms with van der Waals surface area (Å²) in [4.78, 5) is 27.9. The molecule has 0 spiro atoms. The van der Waals surface area contributed by atoms with Gasteiger partial charge in [0.05, 0.1) is 38.5 Å². The van der Waals surface area contributed by atoms with Crippen LogP contribution in [-0.4, -0.2) is 88.1 Å². The first-order valence-electron chi connectivity index (χ1n) is 10.6. The van der Waals surface area contributed by atoms with Gasteiger partial charge in [-0.3, -0.25) is 4.79 Å². The van der Waals surface area contributed by atoms with Crippen LogP contribution in [0, 0.1) is 0 Å². The maximum Gasteiger partial charge on any atom is 0.317 e. The van der Waals surface area contributed by atoms with Gasteiger partial charge < -0.3 is 19.9 Å². The second-order valence-electron chi connectivity index (χ2n) is 8.04. The van der Waals surface area contributed by atoms with Crippen molar-refractivity contribution in [3.05, 3.63) is 47.8 Å². The number of ether oxygens (including phenoxy) is 1. The van der Waals surface area contributed by atoms with E-state index in [2.05, 4.69) is 15.6 Å². The molecule has 1 atom stereocenters. The van der Waals surface area contributed by atoms with Crippen LogP contribution in [0.1, 0.15) is 22.5 Å². The van der Waals surface area contributed by atoms with E-state index in [4.69, 9.17) is 4.74 Å². The molecule has 1 unspecified atom stereocenters. The number of hydrogen-bond acceptors (Lipinski definition) is 5. The molecule has 2 aliphatic rings. The Kier molecular flexibility index (Phi) is 6.63. The Morgan fingerprint density at radius 1 is 1.19 bits per heavy atom. The third-order valence-electron chi connectivity index (χ3n) is 5.62. The van der Waals surface area contributed by atoms with Gasteiger partial charge in [-0.1, -0.05) is 35.5 Å². The van der Waals surface area contributed by atoms with E-state index < -0.39 is 31.0 Å². The number of hydrogen-bond donors (Lipinski definition) is 1. The highest BCUT2D eigenvalue weighted by Crippen LogP contribution is 2.32. The standard InChI is InChI=1S/C21H26F2N6O3/c22-21(23)12-17(29(15-21)20(31)24-7-6-16-4-2-1-3-5-16)13-28-14-18(25-26-28)19(30)27-8-10-32-11-9-27/h1-5,14,17H,6-13,15H2,(H,24,31). The summed E-state index contributed by atoms with van der Waals surface area (Å²) in [6.07, 6.45) is 1.59. The lowest BCUT2D eigenvalue weighted by Crippen LogP contribution is -2.45. The van der Waals surface area contributed by atoms with Gasteiger partial charge in [0.25, 0.3) is 11.8 Å². The number of benzene rings is 1. The van der Waals surface area contributed by atoms with Gasteiger partial charge in [0.2, 0.25) is 0 Å². The van der Waals surface area contributed by atoms with E-state index >= 15 is 0 Å². The molecule has 1 N–H and O–H groups in total. The summed E-state index contributed by atoms with van der Waals surface area (Å²) in [5.41, 5.74) is 1.20. The Hall–Kier alpha value is -3.08. The van der Waals surface area contributed by atoms with Crippen LogP contribution in [0.4, 0.5) is 13.6 Å². The molecule has 32 heavy (non-hydrogen) atoms. The maximum atomic E-state index is 14.1. The molecule has 2 aromatic rings.